The monoisotopic (exact) mass is 331 g/mol. The summed E-state index contributed by atoms with van der Waals surface area (Å²) in [7, 11) is 4.20. The molecule has 0 spiro atoms. The number of benzene rings is 1. The second-order valence-corrected chi connectivity index (χ2v) is 6.66. The summed E-state index contributed by atoms with van der Waals surface area (Å²) >= 11 is 12.0. The van der Waals surface area contributed by atoms with E-state index in [1.807, 2.05) is 0 Å². The van der Waals surface area contributed by atoms with Crippen molar-refractivity contribution >= 4 is 23.2 Å². The van der Waals surface area contributed by atoms with Gasteiger partial charge in [-0.1, -0.05) is 23.2 Å². The van der Waals surface area contributed by atoms with E-state index in [1.165, 1.54) is 0 Å². The number of hydrogen-bond donors (Lipinski definition) is 1. The summed E-state index contributed by atoms with van der Waals surface area (Å²) in [5, 5.41) is 10.9. The molecule has 0 unspecified atom stereocenters. The third kappa shape index (κ3) is 5.01. The van der Waals surface area contributed by atoms with Crippen molar-refractivity contribution in [2.45, 2.75) is 6.54 Å². The predicted octanol–water partition coefficient (Wildman–Crippen LogP) is 2.38. The van der Waals surface area contributed by atoms with E-state index in [1.54, 1.807) is 12.1 Å². The van der Waals surface area contributed by atoms with Crippen LogP contribution in [0, 0.1) is 0 Å². The number of piperazine rings is 1. The molecule has 0 saturated carbocycles. The van der Waals surface area contributed by atoms with E-state index < -0.39 is 0 Å². The zero-order valence-electron chi connectivity index (χ0n) is 12.6. The highest BCUT2D eigenvalue weighted by molar-refractivity contribution is 6.35. The summed E-state index contributed by atoms with van der Waals surface area (Å²) in [6.45, 7) is 6.99. The molecule has 0 aromatic heterocycles. The number of halogens is 2. The van der Waals surface area contributed by atoms with Crippen LogP contribution in [0.3, 0.4) is 0 Å². The van der Waals surface area contributed by atoms with Gasteiger partial charge in [0.1, 0.15) is 5.75 Å². The molecule has 118 valence electrons. The van der Waals surface area contributed by atoms with Gasteiger partial charge in [-0.05, 0) is 26.2 Å². The Morgan fingerprint density at radius 1 is 1.10 bits per heavy atom. The average Bonchev–Trinajstić information content (AvgIpc) is 2.43. The Hall–Kier alpha value is -0.520. The van der Waals surface area contributed by atoms with E-state index in [-0.39, 0.29) is 5.75 Å². The lowest BCUT2D eigenvalue weighted by atomic mass is 10.1. The SMILES string of the molecule is CN(C)CCN1CCN(Cc2cc(Cl)cc(Cl)c2O)CC1. The highest BCUT2D eigenvalue weighted by Gasteiger charge is 2.18. The van der Waals surface area contributed by atoms with Crippen LogP contribution in [0.1, 0.15) is 5.56 Å². The van der Waals surface area contributed by atoms with Gasteiger partial charge < -0.3 is 10.0 Å². The number of nitrogens with zero attached hydrogens (tertiary/aromatic N) is 3. The van der Waals surface area contributed by atoms with E-state index in [0.29, 0.717) is 16.6 Å². The van der Waals surface area contributed by atoms with Crippen LogP contribution < -0.4 is 0 Å². The largest absolute Gasteiger partial charge is 0.506 e. The summed E-state index contributed by atoms with van der Waals surface area (Å²) in [5.74, 6) is 0.149. The van der Waals surface area contributed by atoms with E-state index in [9.17, 15) is 5.11 Å². The first-order chi connectivity index (χ1) is 9.95. The van der Waals surface area contributed by atoms with Crippen LogP contribution in [0.4, 0.5) is 0 Å². The lowest BCUT2D eigenvalue weighted by molar-refractivity contribution is 0.120. The first-order valence-electron chi connectivity index (χ1n) is 7.22. The van der Waals surface area contributed by atoms with Gasteiger partial charge in [0.25, 0.3) is 0 Å². The van der Waals surface area contributed by atoms with Gasteiger partial charge >= 0.3 is 0 Å². The van der Waals surface area contributed by atoms with Crippen molar-refractivity contribution in [1.82, 2.24) is 14.7 Å². The molecule has 21 heavy (non-hydrogen) atoms. The number of likely N-dealkylation sites (N-methyl/N-ethyl adjacent to an activating group) is 1. The minimum absolute atomic E-state index is 0.149. The third-order valence-electron chi connectivity index (χ3n) is 3.83. The van der Waals surface area contributed by atoms with Crippen molar-refractivity contribution in [3.63, 3.8) is 0 Å². The fourth-order valence-electron chi connectivity index (χ4n) is 2.49. The molecule has 1 aliphatic heterocycles. The first-order valence-corrected chi connectivity index (χ1v) is 7.97. The van der Waals surface area contributed by atoms with E-state index in [4.69, 9.17) is 23.2 Å². The van der Waals surface area contributed by atoms with Crippen LogP contribution in [0.5, 0.6) is 5.75 Å². The van der Waals surface area contributed by atoms with Crippen molar-refractivity contribution in [2.24, 2.45) is 0 Å². The molecule has 2 rings (SSSR count). The van der Waals surface area contributed by atoms with E-state index in [2.05, 4.69) is 28.8 Å². The van der Waals surface area contributed by atoms with E-state index >= 15 is 0 Å². The summed E-state index contributed by atoms with van der Waals surface area (Å²) in [5.41, 5.74) is 0.800. The molecule has 6 heteroatoms. The van der Waals surface area contributed by atoms with Crippen molar-refractivity contribution < 1.29 is 5.11 Å². The topological polar surface area (TPSA) is 30.0 Å². The lowest BCUT2D eigenvalue weighted by Crippen LogP contribution is -2.47. The molecule has 4 nitrogen and oxygen atoms in total. The predicted molar refractivity (Wildman–Crippen MR) is 88.4 cm³/mol. The molecule has 1 heterocycles. The van der Waals surface area contributed by atoms with Gasteiger partial charge in [-0.25, -0.2) is 0 Å². The maximum absolute atomic E-state index is 10.0. The van der Waals surface area contributed by atoms with Gasteiger partial charge in [0.2, 0.25) is 0 Å². The Balaban J connectivity index is 1.86. The molecule has 0 radical (unpaired) electrons. The second-order valence-electron chi connectivity index (χ2n) is 5.82. The zero-order valence-corrected chi connectivity index (χ0v) is 14.2. The smallest absolute Gasteiger partial charge is 0.138 e. The van der Waals surface area contributed by atoms with Gasteiger partial charge in [0.05, 0.1) is 5.02 Å². The molecule has 1 aromatic carbocycles. The van der Waals surface area contributed by atoms with Gasteiger partial charge in [0.15, 0.2) is 0 Å². The normalized spacial score (nSPS) is 17.6. The minimum Gasteiger partial charge on any atom is -0.506 e. The number of hydrogen-bond acceptors (Lipinski definition) is 4. The molecule has 0 bridgehead atoms. The van der Waals surface area contributed by atoms with Crippen molar-refractivity contribution in [2.75, 3.05) is 53.4 Å². The van der Waals surface area contributed by atoms with Crippen LogP contribution in [-0.4, -0.2) is 73.2 Å². The van der Waals surface area contributed by atoms with E-state index in [0.717, 1.165) is 44.8 Å². The van der Waals surface area contributed by atoms with Crippen LogP contribution >= 0.6 is 23.2 Å². The van der Waals surface area contributed by atoms with Crippen molar-refractivity contribution in [1.29, 1.82) is 0 Å². The maximum atomic E-state index is 10.0. The number of phenolic OH excluding ortho intramolecular Hbond substituents is 1. The van der Waals surface area contributed by atoms with Crippen LogP contribution in [0.2, 0.25) is 10.0 Å². The molecule has 0 amide bonds. The van der Waals surface area contributed by atoms with Crippen molar-refractivity contribution in [3.8, 4) is 5.75 Å². The van der Waals surface area contributed by atoms with Gasteiger partial charge in [-0.3, -0.25) is 9.80 Å². The molecule has 1 fully saturated rings. The van der Waals surface area contributed by atoms with Crippen LogP contribution in [0.25, 0.3) is 0 Å². The molecule has 0 aliphatic carbocycles. The Bertz CT molecular complexity index is 474. The maximum Gasteiger partial charge on any atom is 0.138 e. The average molecular weight is 332 g/mol. The molecule has 0 atom stereocenters. The standard InChI is InChI=1S/C15H23Cl2N3O/c1-18(2)3-4-19-5-7-20(8-6-19)11-12-9-13(16)10-14(17)15(12)21/h9-10,21H,3-8,11H2,1-2H3. The molecule has 1 N–H and O–H groups in total. The minimum atomic E-state index is 0.149. The number of phenols is 1. The Morgan fingerprint density at radius 2 is 1.71 bits per heavy atom. The highest BCUT2D eigenvalue weighted by atomic mass is 35.5. The number of rotatable bonds is 5. The van der Waals surface area contributed by atoms with Crippen LogP contribution in [0.15, 0.2) is 12.1 Å². The Kier molecular flexibility index (Phi) is 6.14. The fourth-order valence-corrected chi connectivity index (χ4v) is 3.03. The first kappa shape index (κ1) is 16.8. The lowest BCUT2D eigenvalue weighted by Gasteiger charge is -2.35. The molecular formula is C15H23Cl2N3O. The Labute approximate surface area is 136 Å². The summed E-state index contributed by atoms with van der Waals surface area (Å²) in [6.07, 6.45) is 0. The highest BCUT2D eigenvalue weighted by Crippen LogP contribution is 2.32. The molecule has 1 aliphatic rings. The molecular weight excluding hydrogens is 309 g/mol. The van der Waals surface area contributed by atoms with Gasteiger partial charge in [0, 0.05) is 56.4 Å². The quantitative estimate of drug-likeness (QED) is 0.897. The molecule has 1 aromatic rings. The van der Waals surface area contributed by atoms with Gasteiger partial charge in [-0.2, -0.15) is 0 Å². The van der Waals surface area contributed by atoms with Crippen LogP contribution in [-0.2, 0) is 6.54 Å². The fraction of sp³-hybridized carbons (Fsp3) is 0.600. The third-order valence-corrected chi connectivity index (χ3v) is 4.34. The summed E-state index contributed by atoms with van der Waals surface area (Å²) < 4.78 is 0. The summed E-state index contributed by atoms with van der Waals surface area (Å²) in [4.78, 5) is 7.01. The zero-order chi connectivity index (χ0) is 15.4. The number of aromatic hydroxyl groups is 1. The molecule has 1 saturated heterocycles. The second kappa shape index (κ2) is 7.65. The summed E-state index contributed by atoms with van der Waals surface area (Å²) in [6, 6.07) is 3.36. The van der Waals surface area contributed by atoms with Gasteiger partial charge in [-0.15, -0.1) is 0 Å². The Morgan fingerprint density at radius 3 is 2.33 bits per heavy atom. The van der Waals surface area contributed by atoms with Crippen molar-refractivity contribution in [3.05, 3.63) is 27.7 Å².